The van der Waals surface area contributed by atoms with E-state index >= 15 is 0 Å². The second kappa shape index (κ2) is 8.84. The van der Waals surface area contributed by atoms with Gasteiger partial charge in [0.1, 0.15) is 5.82 Å². The molecule has 1 N–H and O–H groups in total. The fourth-order valence-electron chi connectivity index (χ4n) is 3.42. The number of amides is 1. The molecule has 0 aliphatic carbocycles. The predicted molar refractivity (Wildman–Crippen MR) is 107 cm³/mol. The fourth-order valence-corrected chi connectivity index (χ4v) is 3.42. The van der Waals surface area contributed by atoms with Gasteiger partial charge in [-0.05, 0) is 49.4 Å². The molecule has 1 amide bonds. The Balaban J connectivity index is 1.80. The highest BCUT2D eigenvalue weighted by Crippen LogP contribution is 2.21. The zero-order chi connectivity index (χ0) is 19.2. The van der Waals surface area contributed by atoms with Crippen molar-refractivity contribution >= 4 is 11.7 Å². The second-order valence-corrected chi connectivity index (χ2v) is 7.04. The molecule has 1 aromatic heterocycles. The van der Waals surface area contributed by atoms with Gasteiger partial charge in [-0.25, -0.2) is 0 Å². The van der Waals surface area contributed by atoms with Crippen LogP contribution in [0.5, 0.6) is 0 Å². The lowest BCUT2D eigenvalue weighted by molar-refractivity contribution is -0.125. The third kappa shape index (κ3) is 4.56. The molecule has 2 heterocycles. The van der Waals surface area contributed by atoms with Gasteiger partial charge < -0.3 is 10.2 Å². The van der Waals surface area contributed by atoms with Gasteiger partial charge in [0.05, 0.1) is 11.6 Å². The van der Waals surface area contributed by atoms with E-state index in [2.05, 4.69) is 22.2 Å². The maximum Gasteiger partial charge on any atom is 0.271 e. The van der Waals surface area contributed by atoms with E-state index in [0.29, 0.717) is 13.1 Å². The number of carbonyl (C=O) groups is 1. The summed E-state index contributed by atoms with van der Waals surface area (Å²) in [6.45, 7) is 6.34. The van der Waals surface area contributed by atoms with Crippen molar-refractivity contribution in [1.82, 2.24) is 15.1 Å². The molecular weight excluding hydrogens is 340 g/mol. The first-order chi connectivity index (χ1) is 13.1. The molecule has 0 spiro atoms. The van der Waals surface area contributed by atoms with E-state index in [1.165, 1.54) is 10.2 Å². The van der Waals surface area contributed by atoms with E-state index in [-0.39, 0.29) is 17.4 Å². The summed E-state index contributed by atoms with van der Waals surface area (Å²) in [5.41, 5.74) is 1.82. The van der Waals surface area contributed by atoms with E-state index < -0.39 is 0 Å². The smallest absolute Gasteiger partial charge is 0.271 e. The SMILES string of the molecule is CCCNC(=O)[C@@H]1CCCN(c2ccc(=O)n(-c3ccc(CC)cc3)n2)C1. The number of benzene rings is 1. The van der Waals surface area contributed by atoms with Crippen LogP contribution in [0.3, 0.4) is 0 Å². The molecule has 144 valence electrons. The number of nitrogens with zero attached hydrogens (tertiary/aromatic N) is 3. The minimum Gasteiger partial charge on any atom is -0.356 e. The van der Waals surface area contributed by atoms with Crippen LogP contribution in [0.15, 0.2) is 41.2 Å². The third-order valence-electron chi connectivity index (χ3n) is 5.04. The molecule has 3 rings (SSSR count). The van der Waals surface area contributed by atoms with Crippen molar-refractivity contribution in [2.24, 2.45) is 5.92 Å². The number of aryl methyl sites for hydroxylation is 1. The molecule has 0 saturated carbocycles. The topological polar surface area (TPSA) is 67.2 Å². The Labute approximate surface area is 160 Å². The molecular formula is C21H28N4O2. The molecule has 1 aromatic carbocycles. The van der Waals surface area contributed by atoms with Gasteiger partial charge in [-0.2, -0.15) is 4.68 Å². The zero-order valence-corrected chi connectivity index (χ0v) is 16.1. The fraction of sp³-hybridized carbons (Fsp3) is 0.476. The lowest BCUT2D eigenvalue weighted by Gasteiger charge is -2.32. The number of hydrogen-bond acceptors (Lipinski definition) is 4. The Morgan fingerprint density at radius 3 is 2.67 bits per heavy atom. The van der Waals surface area contributed by atoms with E-state index in [1.54, 1.807) is 12.1 Å². The Kier molecular flexibility index (Phi) is 6.27. The Bertz CT molecular complexity index is 829. The molecule has 1 aliphatic rings. The molecule has 0 bridgehead atoms. The summed E-state index contributed by atoms with van der Waals surface area (Å²) in [5, 5.41) is 7.57. The molecule has 1 fully saturated rings. The van der Waals surface area contributed by atoms with E-state index in [0.717, 1.165) is 43.7 Å². The summed E-state index contributed by atoms with van der Waals surface area (Å²) >= 11 is 0. The molecule has 1 aliphatic heterocycles. The van der Waals surface area contributed by atoms with E-state index in [1.807, 2.05) is 31.2 Å². The van der Waals surface area contributed by atoms with Crippen molar-refractivity contribution in [2.45, 2.75) is 39.5 Å². The standard InChI is InChI=1S/C21H28N4O2/c1-3-13-22-21(27)17-6-5-14-24(15-17)19-11-12-20(26)25(23-19)18-9-7-16(4-2)8-10-18/h7-12,17H,3-6,13-15H2,1-2H3,(H,22,27)/t17-/m1/s1. The van der Waals surface area contributed by atoms with Crippen LogP contribution >= 0.6 is 0 Å². The number of nitrogens with one attached hydrogen (secondary N) is 1. The number of piperidine rings is 1. The molecule has 1 saturated heterocycles. The number of rotatable bonds is 6. The maximum absolute atomic E-state index is 12.3. The number of carbonyl (C=O) groups excluding carboxylic acids is 1. The summed E-state index contributed by atoms with van der Waals surface area (Å²) in [4.78, 5) is 26.7. The van der Waals surface area contributed by atoms with Crippen molar-refractivity contribution in [3.8, 4) is 5.69 Å². The first-order valence-corrected chi connectivity index (χ1v) is 9.84. The van der Waals surface area contributed by atoms with Gasteiger partial charge in [0.25, 0.3) is 5.56 Å². The van der Waals surface area contributed by atoms with Crippen LogP contribution in [0.1, 0.15) is 38.7 Å². The van der Waals surface area contributed by atoms with Crippen LogP contribution in [-0.2, 0) is 11.2 Å². The first kappa shape index (κ1) is 19.1. The summed E-state index contributed by atoms with van der Waals surface area (Å²) < 4.78 is 1.44. The number of aromatic nitrogens is 2. The number of anilines is 1. The average molecular weight is 368 g/mol. The molecule has 6 heteroatoms. The minimum absolute atomic E-state index is 0.0312. The summed E-state index contributed by atoms with van der Waals surface area (Å²) in [6, 6.07) is 11.2. The largest absolute Gasteiger partial charge is 0.356 e. The Hall–Kier alpha value is -2.63. The van der Waals surface area contributed by atoms with Crippen molar-refractivity contribution < 1.29 is 4.79 Å². The first-order valence-electron chi connectivity index (χ1n) is 9.84. The van der Waals surface area contributed by atoms with Crippen LogP contribution in [0.2, 0.25) is 0 Å². The summed E-state index contributed by atoms with van der Waals surface area (Å²) in [6.07, 6.45) is 3.73. The van der Waals surface area contributed by atoms with Gasteiger partial charge in [-0.3, -0.25) is 9.59 Å². The van der Waals surface area contributed by atoms with E-state index in [9.17, 15) is 9.59 Å². The minimum atomic E-state index is -0.155. The molecule has 0 unspecified atom stereocenters. The molecule has 27 heavy (non-hydrogen) atoms. The molecule has 0 radical (unpaired) electrons. The average Bonchev–Trinajstić information content (AvgIpc) is 2.72. The summed E-state index contributed by atoms with van der Waals surface area (Å²) in [7, 11) is 0. The normalized spacial score (nSPS) is 17.0. The Morgan fingerprint density at radius 1 is 1.19 bits per heavy atom. The summed E-state index contributed by atoms with van der Waals surface area (Å²) in [5.74, 6) is 0.823. The van der Waals surface area contributed by atoms with Crippen molar-refractivity contribution in [1.29, 1.82) is 0 Å². The van der Waals surface area contributed by atoms with Gasteiger partial charge in [0, 0.05) is 25.7 Å². The monoisotopic (exact) mass is 368 g/mol. The van der Waals surface area contributed by atoms with E-state index in [4.69, 9.17) is 0 Å². The maximum atomic E-state index is 12.3. The van der Waals surface area contributed by atoms with Crippen molar-refractivity contribution in [2.75, 3.05) is 24.5 Å². The lowest BCUT2D eigenvalue weighted by Crippen LogP contribution is -2.44. The van der Waals surface area contributed by atoms with Gasteiger partial charge in [0.2, 0.25) is 5.91 Å². The van der Waals surface area contributed by atoms with Crippen molar-refractivity contribution in [3.05, 3.63) is 52.3 Å². The van der Waals surface area contributed by atoms with Gasteiger partial charge in [0.15, 0.2) is 0 Å². The van der Waals surface area contributed by atoms with Crippen LogP contribution in [-0.4, -0.2) is 35.3 Å². The number of hydrogen-bond donors (Lipinski definition) is 1. The highest BCUT2D eigenvalue weighted by molar-refractivity contribution is 5.79. The third-order valence-corrected chi connectivity index (χ3v) is 5.04. The quantitative estimate of drug-likeness (QED) is 0.851. The highest BCUT2D eigenvalue weighted by atomic mass is 16.2. The van der Waals surface area contributed by atoms with Gasteiger partial charge >= 0.3 is 0 Å². The zero-order valence-electron chi connectivity index (χ0n) is 16.1. The molecule has 2 aromatic rings. The van der Waals surface area contributed by atoms with Gasteiger partial charge in [-0.15, -0.1) is 5.10 Å². The van der Waals surface area contributed by atoms with Gasteiger partial charge in [-0.1, -0.05) is 26.0 Å². The van der Waals surface area contributed by atoms with Crippen LogP contribution in [0.4, 0.5) is 5.82 Å². The second-order valence-electron chi connectivity index (χ2n) is 7.04. The Morgan fingerprint density at radius 2 is 1.96 bits per heavy atom. The lowest BCUT2D eigenvalue weighted by atomic mass is 9.97. The molecule has 1 atom stereocenters. The van der Waals surface area contributed by atoms with Crippen LogP contribution < -0.4 is 15.8 Å². The molecule has 6 nitrogen and oxygen atoms in total. The predicted octanol–water partition coefficient (Wildman–Crippen LogP) is 2.54. The highest BCUT2D eigenvalue weighted by Gasteiger charge is 2.26. The van der Waals surface area contributed by atoms with Crippen molar-refractivity contribution in [3.63, 3.8) is 0 Å². The van der Waals surface area contributed by atoms with Crippen LogP contribution in [0, 0.1) is 5.92 Å². The van der Waals surface area contributed by atoms with Crippen LogP contribution in [0.25, 0.3) is 5.69 Å².